The van der Waals surface area contributed by atoms with E-state index in [2.05, 4.69) is 15.6 Å². The Hall–Kier alpha value is -1.63. The van der Waals surface area contributed by atoms with Crippen LogP contribution in [0.5, 0.6) is 0 Å². The van der Waals surface area contributed by atoms with Gasteiger partial charge < -0.3 is 15.5 Å². The molecular weight excluding hydrogens is 312 g/mol. The van der Waals surface area contributed by atoms with E-state index in [0.29, 0.717) is 6.54 Å². The van der Waals surface area contributed by atoms with Gasteiger partial charge in [0.2, 0.25) is 5.91 Å². The molecule has 7 heteroatoms. The molecule has 0 spiro atoms. The van der Waals surface area contributed by atoms with E-state index in [-0.39, 0.29) is 30.6 Å². The summed E-state index contributed by atoms with van der Waals surface area (Å²) < 4.78 is 0. The van der Waals surface area contributed by atoms with Crippen molar-refractivity contribution in [2.45, 2.75) is 58.0 Å². The Kier molecular flexibility index (Phi) is 4.84. The highest BCUT2D eigenvalue weighted by Gasteiger charge is 2.38. The van der Waals surface area contributed by atoms with E-state index in [1.165, 1.54) is 4.88 Å². The first-order chi connectivity index (χ1) is 11.0. The van der Waals surface area contributed by atoms with E-state index in [0.717, 1.165) is 42.8 Å². The fourth-order valence-electron chi connectivity index (χ4n) is 3.59. The molecule has 126 valence electrons. The van der Waals surface area contributed by atoms with Crippen molar-refractivity contribution in [1.82, 2.24) is 20.5 Å². The largest absolute Gasteiger partial charge is 0.350 e. The molecule has 2 aliphatic rings. The zero-order chi connectivity index (χ0) is 16.4. The summed E-state index contributed by atoms with van der Waals surface area (Å²) >= 11 is 1.68. The molecule has 0 aromatic carbocycles. The Morgan fingerprint density at radius 2 is 2.17 bits per heavy atom. The van der Waals surface area contributed by atoms with Crippen molar-refractivity contribution in [3.05, 3.63) is 15.6 Å². The summed E-state index contributed by atoms with van der Waals surface area (Å²) in [4.78, 5) is 31.7. The highest BCUT2D eigenvalue weighted by Crippen LogP contribution is 2.25. The lowest BCUT2D eigenvalue weighted by Crippen LogP contribution is -2.64. The third-order valence-electron chi connectivity index (χ3n) is 4.68. The van der Waals surface area contributed by atoms with Crippen molar-refractivity contribution in [1.29, 1.82) is 0 Å². The van der Waals surface area contributed by atoms with Gasteiger partial charge in [-0.15, -0.1) is 11.3 Å². The van der Waals surface area contributed by atoms with Gasteiger partial charge in [-0.3, -0.25) is 4.79 Å². The van der Waals surface area contributed by atoms with Crippen molar-refractivity contribution in [2.24, 2.45) is 0 Å². The second kappa shape index (κ2) is 6.86. The number of amides is 3. The Morgan fingerprint density at radius 1 is 1.39 bits per heavy atom. The van der Waals surface area contributed by atoms with Crippen LogP contribution in [0.3, 0.4) is 0 Å². The third-order valence-corrected chi connectivity index (χ3v) is 5.81. The van der Waals surface area contributed by atoms with Crippen molar-refractivity contribution >= 4 is 23.3 Å². The lowest BCUT2D eigenvalue weighted by atomic mass is 9.87. The van der Waals surface area contributed by atoms with E-state index >= 15 is 0 Å². The molecule has 1 saturated carbocycles. The molecule has 1 aliphatic carbocycles. The summed E-state index contributed by atoms with van der Waals surface area (Å²) in [5, 5.41) is 7.06. The first-order valence-corrected chi connectivity index (χ1v) is 9.13. The fourth-order valence-corrected chi connectivity index (χ4v) is 4.53. The molecule has 3 rings (SSSR count). The maximum atomic E-state index is 12.5. The van der Waals surface area contributed by atoms with E-state index in [1.807, 2.05) is 13.8 Å². The molecule has 6 nitrogen and oxygen atoms in total. The average molecular weight is 336 g/mol. The number of urea groups is 1. The second-order valence-electron chi connectivity index (χ2n) is 6.38. The summed E-state index contributed by atoms with van der Waals surface area (Å²) in [6.07, 6.45) is 4.99. The number of hydrogen-bond donors (Lipinski definition) is 2. The number of nitrogens with zero attached hydrogens (tertiary/aromatic N) is 2. The molecule has 0 unspecified atom stereocenters. The lowest BCUT2D eigenvalue weighted by Gasteiger charge is -2.43. The van der Waals surface area contributed by atoms with E-state index in [1.54, 1.807) is 16.2 Å². The highest BCUT2D eigenvalue weighted by atomic mass is 32.1. The van der Waals surface area contributed by atoms with Gasteiger partial charge in [-0.1, -0.05) is 12.8 Å². The Morgan fingerprint density at radius 3 is 2.91 bits per heavy atom. The zero-order valence-electron chi connectivity index (χ0n) is 13.7. The zero-order valence-corrected chi connectivity index (χ0v) is 14.5. The number of nitrogens with one attached hydrogen (secondary N) is 2. The van der Waals surface area contributed by atoms with Gasteiger partial charge in [0.05, 0.1) is 16.7 Å². The van der Waals surface area contributed by atoms with Gasteiger partial charge in [0.1, 0.15) is 6.54 Å². The van der Waals surface area contributed by atoms with Crippen LogP contribution in [0.2, 0.25) is 0 Å². The van der Waals surface area contributed by atoms with Gasteiger partial charge in [0, 0.05) is 23.9 Å². The first kappa shape index (κ1) is 16.2. The maximum absolute atomic E-state index is 12.5. The molecule has 2 heterocycles. The first-order valence-electron chi connectivity index (χ1n) is 8.31. The van der Waals surface area contributed by atoms with Crippen molar-refractivity contribution in [2.75, 3.05) is 13.1 Å². The van der Waals surface area contributed by atoms with Crippen molar-refractivity contribution in [3.8, 4) is 0 Å². The van der Waals surface area contributed by atoms with Gasteiger partial charge in [-0.05, 0) is 26.7 Å². The van der Waals surface area contributed by atoms with Crippen LogP contribution >= 0.6 is 11.3 Å². The number of aryl methyl sites for hydroxylation is 2. The molecule has 23 heavy (non-hydrogen) atoms. The Labute approximate surface area is 140 Å². The monoisotopic (exact) mass is 336 g/mol. The van der Waals surface area contributed by atoms with Crippen LogP contribution in [0.25, 0.3) is 0 Å². The number of carbonyl (C=O) groups is 2. The van der Waals surface area contributed by atoms with Crippen LogP contribution in [-0.2, 0) is 11.2 Å². The quantitative estimate of drug-likeness (QED) is 0.883. The summed E-state index contributed by atoms with van der Waals surface area (Å²) in [5.74, 6) is -0.0442. The van der Waals surface area contributed by atoms with E-state index < -0.39 is 0 Å². The molecule has 1 aromatic heterocycles. The van der Waals surface area contributed by atoms with Crippen LogP contribution in [-0.4, -0.2) is 47.0 Å². The average Bonchev–Trinajstić information content (AvgIpc) is 2.84. The summed E-state index contributed by atoms with van der Waals surface area (Å²) in [6.45, 7) is 4.75. The molecule has 1 aliphatic heterocycles. The van der Waals surface area contributed by atoms with E-state index in [9.17, 15) is 9.59 Å². The predicted octanol–water partition coefficient (Wildman–Crippen LogP) is 1.76. The maximum Gasteiger partial charge on any atom is 0.318 e. The van der Waals surface area contributed by atoms with Crippen LogP contribution in [0.1, 0.15) is 41.3 Å². The number of carbonyl (C=O) groups excluding carboxylic acids is 2. The predicted molar refractivity (Wildman–Crippen MR) is 89.6 cm³/mol. The molecule has 1 saturated heterocycles. The topological polar surface area (TPSA) is 74.3 Å². The highest BCUT2D eigenvalue weighted by molar-refractivity contribution is 7.11. The molecule has 2 fully saturated rings. The van der Waals surface area contributed by atoms with Crippen molar-refractivity contribution in [3.63, 3.8) is 0 Å². The second-order valence-corrected chi connectivity index (χ2v) is 7.66. The minimum absolute atomic E-state index is 0.0442. The van der Waals surface area contributed by atoms with Gasteiger partial charge in [-0.2, -0.15) is 0 Å². The Bertz CT molecular complexity index is 601. The molecule has 3 amide bonds. The minimum Gasteiger partial charge on any atom is -0.350 e. The number of piperazine rings is 1. The normalized spacial score (nSPS) is 24.1. The standard InChI is InChI=1S/C16H24N4O2S/c1-10-14(23-11(2)18-10)7-8-17-16(22)20-9-15(21)19-12-5-3-4-6-13(12)20/h12-13H,3-9H2,1-2H3,(H,17,22)(H,19,21)/t12-,13+/m1/s1. The molecule has 2 N–H and O–H groups in total. The molecule has 1 aromatic rings. The number of rotatable bonds is 3. The number of hydrogen-bond acceptors (Lipinski definition) is 4. The van der Waals surface area contributed by atoms with Crippen LogP contribution < -0.4 is 10.6 Å². The van der Waals surface area contributed by atoms with Crippen LogP contribution in [0.4, 0.5) is 4.79 Å². The number of fused-ring (bicyclic) bond motifs is 1. The van der Waals surface area contributed by atoms with Gasteiger partial charge in [0.25, 0.3) is 0 Å². The minimum atomic E-state index is -0.115. The lowest BCUT2D eigenvalue weighted by molar-refractivity contribution is -0.126. The van der Waals surface area contributed by atoms with E-state index in [4.69, 9.17) is 0 Å². The smallest absolute Gasteiger partial charge is 0.318 e. The van der Waals surface area contributed by atoms with Gasteiger partial charge >= 0.3 is 6.03 Å². The summed E-state index contributed by atoms with van der Waals surface area (Å²) in [7, 11) is 0. The molecule has 0 radical (unpaired) electrons. The fraction of sp³-hybridized carbons (Fsp3) is 0.688. The molecule has 2 atom stereocenters. The summed E-state index contributed by atoms with van der Waals surface area (Å²) in [6, 6.07) is 0.159. The SMILES string of the molecule is Cc1nc(C)c(CCNC(=O)N2CC(=O)N[C@@H]3CCCC[C@@H]32)s1. The number of thiazole rings is 1. The van der Waals surface area contributed by atoms with Crippen LogP contribution in [0.15, 0.2) is 0 Å². The third kappa shape index (κ3) is 3.65. The molecular formula is C16H24N4O2S. The van der Waals surface area contributed by atoms with Crippen molar-refractivity contribution < 1.29 is 9.59 Å². The Balaban J connectivity index is 1.56. The number of aromatic nitrogens is 1. The van der Waals surface area contributed by atoms with Gasteiger partial charge in [-0.25, -0.2) is 9.78 Å². The summed E-state index contributed by atoms with van der Waals surface area (Å²) in [5.41, 5.74) is 1.05. The van der Waals surface area contributed by atoms with Gasteiger partial charge in [0.15, 0.2) is 0 Å². The van der Waals surface area contributed by atoms with Crippen LogP contribution in [0, 0.1) is 13.8 Å². The molecule has 0 bridgehead atoms.